The number of halogens is 1. The van der Waals surface area contributed by atoms with E-state index in [1.54, 1.807) is 59.0 Å². The van der Waals surface area contributed by atoms with Crippen LogP contribution in [0.3, 0.4) is 0 Å². The van der Waals surface area contributed by atoms with Crippen molar-refractivity contribution in [3.8, 4) is 5.75 Å². The van der Waals surface area contributed by atoms with E-state index in [-0.39, 0.29) is 17.3 Å². The number of nitrogens with zero attached hydrogens (tertiary/aromatic N) is 2. The fourth-order valence-electron chi connectivity index (χ4n) is 4.77. The predicted octanol–water partition coefficient (Wildman–Crippen LogP) is 5.94. The molecule has 1 aliphatic rings. The number of benzene rings is 3. The standard InChI is InChI=1S/C31H30ClN3O4S/c1-2-39-28-13-15-29(16-14-28)40(37,38)35(22-27-8-3-4-19-33-27)31(17-18-31)25-11-9-24(10-12-25)30(36)34-21-23-6-5-7-26(32)20-23/h3-16,19-20H,2,17-18,21-22H2,1H3,(H,34,36). The number of carbonyl (C=O) groups excluding carboxylic acids is 1. The molecule has 0 unspecified atom stereocenters. The molecule has 1 saturated carbocycles. The summed E-state index contributed by atoms with van der Waals surface area (Å²) >= 11 is 6.04. The number of ether oxygens (including phenoxy) is 1. The zero-order chi connectivity index (χ0) is 28.2. The van der Waals surface area contributed by atoms with E-state index in [1.807, 2.05) is 49.4 Å². The van der Waals surface area contributed by atoms with Gasteiger partial charge in [0.05, 0.1) is 29.3 Å². The van der Waals surface area contributed by atoms with Gasteiger partial charge in [-0.05, 0) is 91.6 Å². The highest BCUT2D eigenvalue weighted by Crippen LogP contribution is 2.53. The lowest BCUT2D eigenvalue weighted by atomic mass is 10.0. The number of aromatic nitrogens is 1. The molecule has 1 heterocycles. The molecule has 7 nitrogen and oxygen atoms in total. The normalized spacial score (nSPS) is 14.1. The minimum Gasteiger partial charge on any atom is -0.494 e. The number of carbonyl (C=O) groups is 1. The van der Waals surface area contributed by atoms with E-state index in [0.717, 1.165) is 11.1 Å². The van der Waals surface area contributed by atoms with E-state index in [1.165, 1.54) is 0 Å². The maximum Gasteiger partial charge on any atom is 0.251 e. The van der Waals surface area contributed by atoms with Gasteiger partial charge in [-0.15, -0.1) is 0 Å². The summed E-state index contributed by atoms with van der Waals surface area (Å²) in [7, 11) is -3.90. The van der Waals surface area contributed by atoms with Gasteiger partial charge in [-0.3, -0.25) is 9.78 Å². The first-order valence-electron chi connectivity index (χ1n) is 13.1. The van der Waals surface area contributed by atoms with Crippen LogP contribution in [-0.4, -0.2) is 30.2 Å². The summed E-state index contributed by atoms with van der Waals surface area (Å²) in [6, 6.07) is 26.5. The maximum atomic E-state index is 14.1. The van der Waals surface area contributed by atoms with Gasteiger partial charge in [0.15, 0.2) is 0 Å². The number of amides is 1. The van der Waals surface area contributed by atoms with Gasteiger partial charge in [0, 0.05) is 23.3 Å². The molecule has 1 N–H and O–H groups in total. The zero-order valence-corrected chi connectivity index (χ0v) is 23.7. The van der Waals surface area contributed by atoms with Crippen LogP contribution in [0.5, 0.6) is 5.75 Å². The molecule has 3 aromatic carbocycles. The predicted molar refractivity (Wildman–Crippen MR) is 155 cm³/mol. The van der Waals surface area contributed by atoms with Gasteiger partial charge in [-0.25, -0.2) is 8.42 Å². The van der Waals surface area contributed by atoms with Crippen LogP contribution in [0, 0.1) is 0 Å². The summed E-state index contributed by atoms with van der Waals surface area (Å²) in [5.41, 5.74) is 2.15. The molecule has 206 valence electrons. The van der Waals surface area contributed by atoms with Crippen LogP contribution in [0.1, 0.15) is 46.9 Å². The van der Waals surface area contributed by atoms with E-state index in [9.17, 15) is 13.2 Å². The Labute approximate surface area is 239 Å². The van der Waals surface area contributed by atoms with E-state index in [0.29, 0.717) is 48.0 Å². The SMILES string of the molecule is CCOc1ccc(S(=O)(=O)N(Cc2ccccn2)C2(c3ccc(C(=O)NCc4cccc(Cl)c4)cc3)CC2)cc1. The third-order valence-electron chi connectivity index (χ3n) is 6.98. The van der Waals surface area contributed by atoms with Crippen molar-refractivity contribution in [1.82, 2.24) is 14.6 Å². The summed E-state index contributed by atoms with van der Waals surface area (Å²) in [6.45, 7) is 2.85. The minimum atomic E-state index is -3.90. The largest absolute Gasteiger partial charge is 0.494 e. The van der Waals surface area contributed by atoms with Crippen molar-refractivity contribution in [2.45, 2.75) is 43.3 Å². The Hall–Kier alpha value is -3.72. The first-order chi connectivity index (χ1) is 19.3. The Morgan fingerprint density at radius 1 is 1.00 bits per heavy atom. The topological polar surface area (TPSA) is 88.6 Å². The summed E-state index contributed by atoms with van der Waals surface area (Å²) < 4.78 is 35.2. The molecule has 40 heavy (non-hydrogen) atoms. The lowest BCUT2D eigenvalue weighted by Gasteiger charge is -2.31. The van der Waals surface area contributed by atoms with Crippen molar-refractivity contribution in [3.05, 3.63) is 125 Å². The number of hydrogen-bond acceptors (Lipinski definition) is 5. The zero-order valence-electron chi connectivity index (χ0n) is 22.1. The van der Waals surface area contributed by atoms with Crippen LogP contribution in [0.25, 0.3) is 0 Å². The van der Waals surface area contributed by atoms with Gasteiger partial charge in [0.1, 0.15) is 5.75 Å². The van der Waals surface area contributed by atoms with E-state index < -0.39 is 15.6 Å². The van der Waals surface area contributed by atoms with E-state index in [4.69, 9.17) is 16.3 Å². The van der Waals surface area contributed by atoms with Gasteiger partial charge in [-0.1, -0.05) is 41.9 Å². The number of rotatable bonds is 11. The third-order valence-corrected chi connectivity index (χ3v) is 9.14. The average molecular weight is 576 g/mol. The van der Waals surface area contributed by atoms with Gasteiger partial charge >= 0.3 is 0 Å². The van der Waals surface area contributed by atoms with Gasteiger partial charge in [0.2, 0.25) is 10.0 Å². The molecule has 0 saturated heterocycles. The third kappa shape index (κ3) is 6.04. The van der Waals surface area contributed by atoms with Crippen LogP contribution in [0.4, 0.5) is 0 Å². The first kappa shape index (κ1) is 27.8. The monoisotopic (exact) mass is 575 g/mol. The minimum absolute atomic E-state index is 0.123. The Balaban J connectivity index is 1.41. The molecule has 0 aliphatic heterocycles. The molecule has 1 amide bonds. The average Bonchev–Trinajstić information content (AvgIpc) is 3.77. The van der Waals surface area contributed by atoms with Crippen molar-refractivity contribution < 1.29 is 17.9 Å². The molecule has 0 bridgehead atoms. The van der Waals surface area contributed by atoms with Gasteiger partial charge < -0.3 is 10.1 Å². The summed E-state index contributed by atoms with van der Waals surface area (Å²) in [5, 5.41) is 3.52. The molecule has 1 aliphatic carbocycles. The second-order valence-electron chi connectivity index (χ2n) is 9.66. The van der Waals surface area contributed by atoms with Crippen molar-refractivity contribution in [2.24, 2.45) is 0 Å². The molecule has 5 rings (SSSR count). The lowest BCUT2D eigenvalue weighted by molar-refractivity contribution is 0.0950. The first-order valence-corrected chi connectivity index (χ1v) is 14.9. The number of sulfonamides is 1. The van der Waals surface area contributed by atoms with Crippen LogP contribution in [0.15, 0.2) is 102 Å². The van der Waals surface area contributed by atoms with Gasteiger partial charge in [-0.2, -0.15) is 4.31 Å². The van der Waals surface area contributed by atoms with Crippen molar-refractivity contribution >= 4 is 27.5 Å². The molecule has 1 aromatic heterocycles. The fourth-order valence-corrected chi connectivity index (χ4v) is 6.77. The Morgan fingerprint density at radius 3 is 2.38 bits per heavy atom. The van der Waals surface area contributed by atoms with Crippen molar-refractivity contribution in [2.75, 3.05) is 6.61 Å². The lowest BCUT2D eigenvalue weighted by Crippen LogP contribution is -2.40. The molecule has 0 spiro atoms. The smallest absolute Gasteiger partial charge is 0.251 e. The van der Waals surface area contributed by atoms with Crippen LogP contribution >= 0.6 is 11.6 Å². The maximum absolute atomic E-state index is 14.1. The van der Waals surface area contributed by atoms with Crippen molar-refractivity contribution in [1.29, 1.82) is 0 Å². The molecule has 4 aromatic rings. The molecule has 9 heteroatoms. The molecule has 0 radical (unpaired) electrons. The second kappa shape index (κ2) is 11.8. The number of hydrogen-bond donors (Lipinski definition) is 1. The Kier molecular flexibility index (Phi) is 8.21. The second-order valence-corrected chi connectivity index (χ2v) is 12.0. The molecule has 1 fully saturated rings. The highest BCUT2D eigenvalue weighted by atomic mass is 35.5. The quantitative estimate of drug-likeness (QED) is 0.239. The molecular weight excluding hydrogens is 546 g/mol. The van der Waals surface area contributed by atoms with E-state index >= 15 is 0 Å². The van der Waals surface area contributed by atoms with Crippen molar-refractivity contribution in [3.63, 3.8) is 0 Å². The van der Waals surface area contributed by atoms with Crippen LogP contribution in [0.2, 0.25) is 5.02 Å². The van der Waals surface area contributed by atoms with Crippen LogP contribution in [-0.2, 0) is 28.7 Å². The van der Waals surface area contributed by atoms with E-state index in [2.05, 4.69) is 10.3 Å². The number of pyridine rings is 1. The number of nitrogens with one attached hydrogen (secondary N) is 1. The molecular formula is C31H30ClN3O4S. The highest BCUT2D eigenvalue weighted by Gasteiger charge is 2.54. The van der Waals surface area contributed by atoms with Crippen LogP contribution < -0.4 is 10.1 Å². The summed E-state index contributed by atoms with van der Waals surface area (Å²) in [4.78, 5) is 17.4. The molecule has 0 atom stereocenters. The fraction of sp³-hybridized carbons (Fsp3) is 0.226. The Bertz CT molecular complexity index is 1570. The highest BCUT2D eigenvalue weighted by molar-refractivity contribution is 7.89. The summed E-state index contributed by atoms with van der Waals surface area (Å²) in [6.07, 6.45) is 2.99. The summed E-state index contributed by atoms with van der Waals surface area (Å²) in [5.74, 6) is 0.395. The Morgan fingerprint density at radius 2 is 1.75 bits per heavy atom. The van der Waals surface area contributed by atoms with Gasteiger partial charge in [0.25, 0.3) is 5.91 Å².